The molecule has 2 unspecified atom stereocenters. The highest BCUT2D eigenvalue weighted by Crippen LogP contribution is 2.50. The molecule has 132 valence electrons. The smallest absolute Gasteiger partial charge is 0.222 e. The molecular formula is C18H26N2O4. The lowest BCUT2D eigenvalue weighted by Gasteiger charge is -2.56. The first-order valence-electron chi connectivity index (χ1n) is 8.73. The van der Waals surface area contributed by atoms with Gasteiger partial charge in [0.25, 0.3) is 0 Å². The molecule has 1 saturated heterocycles. The maximum atomic E-state index is 12.4. The van der Waals surface area contributed by atoms with Crippen LogP contribution in [0.1, 0.15) is 31.2 Å². The van der Waals surface area contributed by atoms with Gasteiger partial charge in [-0.05, 0) is 30.9 Å². The molecule has 1 saturated carbocycles. The minimum absolute atomic E-state index is 0.00162. The first-order valence-corrected chi connectivity index (χ1v) is 8.73. The summed E-state index contributed by atoms with van der Waals surface area (Å²) in [6, 6.07) is 3.87. The minimum atomic E-state index is -0.353. The molecule has 1 aromatic heterocycles. The lowest BCUT2D eigenvalue weighted by atomic mass is 9.58. The fourth-order valence-corrected chi connectivity index (χ4v) is 3.94. The Morgan fingerprint density at radius 3 is 2.83 bits per heavy atom. The molecule has 6 nitrogen and oxygen atoms in total. The lowest BCUT2D eigenvalue weighted by molar-refractivity contribution is -0.213. The molecular weight excluding hydrogens is 308 g/mol. The Morgan fingerprint density at radius 2 is 2.21 bits per heavy atom. The predicted octanol–water partition coefficient (Wildman–Crippen LogP) is 0.765. The summed E-state index contributed by atoms with van der Waals surface area (Å²) in [4.78, 5) is 18.4. The number of aliphatic hydroxyl groups excluding tert-OH is 2. The number of ether oxygens (including phenoxy) is 1. The number of pyridine rings is 1. The van der Waals surface area contributed by atoms with Crippen LogP contribution in [0.5, 0.6) is 0 Å². The van der Waals surface area contributed by atoms with Crippen LogP contribution in [0.4, 0.5) is 0 Å². The van der Waals surface area contributed by atoms with E-state index < -0.39 is 0 Å². The number of carbonyl (C=O) groups is 1. The van der Waals surface area contributed by atoms with Crippen LogP contribution in [-0.4, -0.2) is 64.5 Å². The number of aromatic nitrogens is 1. The Morgan fingerprint density at radius 1 is 1.42 bits per heavy atom. The number of aryl methyl sites for hydroxylation is 1. The molecule has 0 aromatic carbocycles. The molecule has 0 bridgehead atoms. The Labute approximate surface area is 142 Å². The van der Waals surface area contributed by atoms with Crippen LogP contribution in [0.2, 0.25) is 0 Å². The van der Waals surface area contributed by atoms with Crippen LogP contribution >= 0.6 is 0 Å². The Kier molecular flexibility index (Phi) is 5.48. The molecule has 0 radical (unpaired) electrons. The number of likely N-dealkylation sites (tertiary alicyclic amines) is 1. The fourth-order valence-electron chi connectivity index (χ4n) is 3.94. The molecule has 1 amide bonds. The summed E-state index contributed by atoms with van der Waals surface area (Å²) >= 11 is 0. The van der Waals surface area contributed by atoms with Crippen molar-refractivity contribution in [1.29, 1.82) is 0 Å². The summed E-state index contributed by atoms with van der Waals surface area (Å²) in [7, 11) is 0. The van der Waals surface area contributed by atoms with E-state index in [2.05, 4.69) is 4.98 Å². The number of aliphatic hydroxyl groups is 2. The van der Waals surface area contributed by atoms with E-state index in [1.807, 2.05) is 17.0 Å². The predicted molar refractivity (Wildman–Crippen MR) is 88.3 cm³/mol. The van der Waals surface area contributed by atoms with E-state index in [9.17, 15) is 9.90 Å². The lowest BCUT2D eigenvalue weighted by Crippen LogP contribution is -2.62. The van der Waals surface area contributed by atoms with E-state index in [1.165, 1.54) is 0 Å². The Bertz CT molecular complexity index is 543. The molecule has 1 spiro atoms. The summed E-state index contributed by atoms with van der Waals surface area (Å²) in [5.41, 5.74) is 0.848. The van der Waals surface area contributed by atoms with Gasteiger partial charge >= 0.3 is 0 Å². The van der Waals surface area contributed by atoms with Gasteiger partial charge in [0.15, 0.2) is 0 Å². The van der Waals surface area contributed by atoms with Crippen molar-refractivity contribution in [3.05, 3.63) is 30.1 Å². The zero-order chi connectivity index (χ0) is 17.0. The van der Waals surface area contributed by atoms with Gasteiger partial charge in [-0.15, -0.1) is 0 Å². The number of nitrogens with zero attached hydrogens (tertiary/aromatic N) is 2. The molecule has 2 fully saturated rings. The average molecular weight is 334 g/mol. The molecule has 6 heteroatoms. The molecule has 1 aliphatic carbocycles. The zero-order valence-corrected chi connectivity index (χ0v) is 13.9. The van der Waals surface area contributed by atoms with Gasteiger partial charge in [0, 0.05) is 43.7 Å². The summed E-state index contributed by atoms with van der Waals surface area (Å²) in [5.74, 6) is 0.162. The second kappa shape index (κ2) is 7.59. The monoisotopic (exact) mass is 334 g/mol. The quantitative estimate of drug-likeness (QED) is 0.803. The van der Waals surface area contributed by atoms with Crippen LogP contribution < -0.4 is 0 Å². The second-order valence-corrected chi connectivity index (χ2v) is 6.81. The van der Waals surface area contributed by atoms with E-state index in [0.717, 1.165) is 18.4 Å². The SMILES string of the molecule is O=C(CCc1cccnc1)N1CCC2(CC1)C(O)CC2OCCO. The van der Waals surface area contributed by atoms with E-state index in [4.69, 9.17) is 9.84 Å². The summed E-state index contributed by atoms with van der Waals surface area (Å²) in [5, 5.41) is 19.1. The number of hydrogen-bond donors (Lipinski definition) is 2. The van der Waals surface area contributed by atoms with E-state index in [1.54, 1.807) is 12.4 Å². The number of hydrogen-bond acceptors (Lipinski definition) is 5. The van der Waals surface area contributed by atoms with Crippen LogP contribution in [0.25, 0.3) is 0 Å². The zero-order valence-electron chi connectivity index (χ0n) is 13.9. The first-order chi connectivity index (χ1) is 11.7. The maximum Gasteiger partial charge on any atom is 0.222 e. The van der Waals surface area contributed by atoms with Crippen molar-refractivity contribution in [3.8, 4) is 0 Å². The number of piperidine rings is 1. The van der Waals surface area contributed by atoms with Crippen molar-refractivity contribution < 1.29 is 19.7 Å². The maximum absolute atomic E-state index is 12.4. The molecule has 2 aliphatic rings. The van der Waals surface area contributed by atoms with Crippen molar-refractivity contribution in [1.82, 2.24) is 9.88 Å². The molecule has 2 heterocycles. The summed E-state index contributed by atoms with van der Waals surface area (Å²) in [6.07, 6.45) is 6.55. The Hall–Kier alpha value is -1.50. The van der Waals surface area contributed by atoms with Gasteiger partial charge in [0.05, 0.1) is 25.4 Å². The standard InChI is InChI=1S/C18H26N2O4/c21-10-11-24-16-12-15(22)18(16)5-8-20(9-6-18)17(23)4-3-14-2-1-7-19-13-14/h1-2,7,13,15-16,21-22H,3-6,8-12H2. The average Bonchev–Trinajstić information content (AvgIpc) is 2.64. The molecule has 3 rings (SSSR count). The molecule has 1 aliphatic heterocycles. The van der Waals surface area contributed by atoms with Gasteiger partial charge in [-0.25, -0.2) is 0 Å². The molecule has 1 aromatic rings. The van der Waals surface area contributed by atoms with Crippen molar-refractivity contribution in [2.75, 3.05) is 26.3 Å². The van der Waals surface area contributed by atoms with Gasteiger partial charge < -0.3 is 19.8 Å². The summed E-state index contributed by atoms with van der Waals surface area (Å²) < 4.78 is 5.67. The van der Waals surface area contributed by atoms with Crippen molar-refractivity contribution >= 4 is 5.91 Å². The third-order valence-corrected chi connectivity index (χ3v) is 5.55. The highest BCUT2D eigenvalue weighted by molar-refractivity contribution is 5.76. The van der Waals surface area contributed by atoms with Gasteiger partial charge in [-0.1, -0.05) is 6.07 Å². The molecule has 24 heavy (non-hydrogen) atoms. The summed E-state index contributed by atoms with van der Waals surface area (Å²) in [6.45, 7) is 1.65. The van der Waals surface area contributed by atoms with Crippen LogP contribution in [0.15, 0.2) is 24.5 Å². The third kappa shape index (κ3) is 3.45. The van der Waals surface area contributed by atoms with Crippen LogP contribution in [0, 0.1) is 5.41 Å². The van der Waals surface area contributed by atoms with E-state index in [0.29, 0.717) is 39.0 Å². The third-order valence-electron chi connectivity index (χ3n) is 5.55. The van der Waals surface area contributed by atoms with Gasteiger partial charge in [0.1, 0.15) is 0 Å². The Balaban J connectivity index is 1.48. The number of carbonyl (C=O) groups excluding carboxylic acids is 1. The van der Waals surface area contributed by atoms with Gasteiger partial charge in [0.2, 0.25) is 5.91 Å². The van der Waals surface area contributed by atoms with Crippen molar-refractivity contribution in [2.24, 2.45) is 5.41 Å². The second-order valence-electron chi connectivity index (χ2n) is 6.81. The van der Waals surface area contributed by atoms with Gasteiger partial charge in [-0.2, -0.15) is 0 Å². The fraction of sp³-hybridized carbons (Fsp3) is 0.667. The highest BCUT2D eigenvalue weighted by Gasteiger charge is 2.56. The highest BCUT2D eigenvalue weighted by atomic mass is 16.5. The van der Waals surface area contributed by atoms with Crippen LogP contribution in [-0.2, 0) is 16.0 Å². The molecule has 2 N–H and O–H groups in total. The number of amides is 1. The number of rotatable bonds is 6. The van der Waals surface area contributed by atoms with Gasteiger partial charge in [-0.3, -0.25) is 9.78 Å². The van der Waals surface area contributed by atoms with Crippen molar-refractivity contribution in [3.63, 3.8) is 0 Å². The molecule has 2 atom stereocenters. The normalized spacial score (nSPS) is 25.5. The minimum Gasteiger partial charge on any atom is -0.394 e. The van der Waals surface area contributed by atoms with E-state index in [-0.39, 0.29) is 30.1 Å². The van der Waals surface area contributed by atoms with Crippen LogP contribution in [0.3, 0.4) is 0 Å². The van der Waals surface area contributed by atoms with Crippen molar-refractivity contribution in [2.45, 2.75) is 44.3 Å². The largest absolute Gasteiger partial charge is 0.394 e. The van der Waals surface area contributed by atoms with E-state index >= 15 is 0 Å². The topological polar surface area (TPSA) is 82.9 Å². The first kappa shape index (κ1) is 17.3.